The Kier molecular flexibility index (Phi) is 8.15. The van der Waals surface area contributed by atoms with Crippen molar-refractivity contribution in [2.24, 2.45) is 0 Å². The molecule has 0 unspecified atom stereocenters. The zero-order valence-electron chi connectivity index (χ0n) is 16.0. The highest BCUT2D eigenvalue weighted by Gasteiger charge is 2.29. The van der Waals surface area contributed by atoms with Gasteiger partial charge in [-0.3, -0.25) is 9.59 Å². The summed E-state index contributed by atoms with van der Waals surface area (Å²) < 4.78 is 10.2. The van der Waals surface area contributed by atoms with E-state index in [2.05, 4.69) is 5.32 Å². The number of piperazine rings is 1. The molecule has 1 fully saturated rings. The Hall–Kier alpha value is -1.83. The molecular weight excluding hydrogens is 326 g/mol. The molecule has 1 atom stereocenters. The first-order valence-corrected chi connectivity index (χ1v) is 8.77. The average molecular weight is 357 g/mol. The molecule has 8 nitrogen and oxygen atoms in total. The van der Waals surface area contributed by atoms with Gasteiger partial charge in [-0.05, 0) is 41.2 Å². The maximum absolute atomic E-state index is 12.6. The minimum absolute atomic E-state index is 0.0606. The van der Waals surface area contributed by atoms with Gasteiger partial charge in [0.05, 0.1) is 12.6 Å². The molecule has 0 aromatic rings. The highest BCUT2D eigenvalue weighted by molar-refractivity contribution is 5.83. The smallest absolute Gasteiger partial charge is 0.409 e. The van der Waals surface area contributed by atoms with Gasteiger partial charge in [0.1, 0.15) is 5.60 Å². The minimum Gasteiger partial charge on any atom is -0.460 e. The van der Waals surface area contributed by atoms with Gasteiger partial charge >= 0.3 is 12.1 Å². The lowest BCUT2D eigenvalue weighted by atomic mass is 10.1. The van der Waals surface area contributed by atoms with Crippen molar-refractivity contribution in [3.8, 4) is 0 Å². The second kappa shape index (κ2) is 9.60. The van der Waals surface area contributed by atoms with Crippen LogP contribution in [0.25, 0.3) is 0 Å². The maximum Gasteiger partial charge on any atom is 0.409 e. The summed E-state index contributed by atoms with van der Waals surface area (Å²) in [6.45, 7) is 9.37. The van der Waals surface area contributed by atoms with Gasteiger partial charge in [0, 0.05) is 32.6 Å². The van der Waals surface area contributed by atoms with Gasteiger partial charge in [-0.1, -0.05) is 0 Å². The number of esters is 1. The number of hydrogen-bond acceptors (Lipinski definition) is 6. The fraction of sp³-hybridized carbons (Fsp3) is 0.824. The lowest BCUT2D eigenvalue weighted by molar-refractivity contribution is -0.155. The van der Waals surface area contributed by atoms with E-state index < -0.39 is 11.6 Å². The lowest BCUT2D eigenvalue weighted by Gasteiger charge is -2.35. The first-order valence-electron chi connectivity index (χ1n) is 8.77. The van der Waals surface area contributed by atoms with Gasteiger partial charge in [-0.2, -0.15) is 0 Å². The van der Waals surface area contributed by atoms with Crippen LogP contribution in [0.1, 0.15) is 40.5 Å². The molecule has 1 rings (SSSR count). The molecular formula is C17H31N3O5. The van der Waals surface area contributed by atoms with Crippen molar-refractivity contribution in [1.29, 1.82) is 0 Å². The largest absolute Gasteiger partial charge is 0.460 e. The van der Waals surface area contributed by atoms with Crippen LogP contribution in [-0.2, 0) is 19.1 Å². The quantitative estimate of drug-likeness (QED) is 0.714. The van der Waals surface area contributed by atoms with E-state index >= 15 is 0 Å². The summed E-state index contributed by atoms with van der Waals surface area (Å²) in [6, 6.07) is -0.443. The van der Waals surface area contributed by atoms with Crippen molar-refractivity contribution in [3.05, 3.63) is 0 Å². The molecule has 1 N–H and O–H groups in total. The topological polar surface area (TPSA) is 88.2 Å². The number of amides is 2. The van der Waals surface area contributed by atoms with Crippen LogP contribution in [0.2, 0.25) is 0 Å². The molecule has 0 radical (unpaired) electrons. The minimum atomic E-state index is -0.528. The van der Waals surface area contributed by atoms with Crippen molar-refractivity contribution in [2.75, 3.05) is 39.8 Å². The van der Waals surface area contributed by atoms with Crippen LogP contribution >= 0.6 is 0 Å². The molecule has 8 heteroatoms. The van der Waals surface area contributed by atoms with E-state index in [4.69, 9.17) is 9.47 Å². The van der Waals surface area contributed by atoms with Gasteiger partial charge in [-0.15, -0.1) is 0 Å². The Bertz CT molecular complexity index is 467. The molecule has 1 aliphatic rings. The third-order valence-corrected chi connectivity index (χ3v) is 3.82. The van der Waals surface area contributed by atoms with E-state index in [-0.39, 0.29) is 24.4 Å². The summed E-state index contributed by atoms with van der Waals surface area (Å²) in [5, 5.41) is 2.97. The Morgan fingerprint density at radius 2 is 1.64 bits per heavy atom. The number of carbonyl (C=O) groups is 3. The molecule has 0 aromatic carbocycles. The highest BCUT2D eigenvalue weighted by atomic mass is 16.6. The Balaban J connectivity index is 2.46. The lowest BCUT2D eigenvalue weighted by Crippen LogP contribution is -2.55. The second-order valence-corrected chi connectivity index (χ2v) is 6.98. The molecule has 0 aromatic heterocycles. The third kappa shape index (κ3) is 7.29. The molecule has 0 saturated carbocycles. The normalized spacial score (nSPS) is 16.4. The van der Waals surface area contributed by atoms with Gasteiger partial charge in [0.25, 0.3) is 0 Å². The number of likely N-dealkylation sites (N-methyl/N-ethyl adjacent to an activating group) is 1. The van der Waals surface area contributed by atoms with Gasteiger partial charge in [0.2, 0.25) is 5.91 Å². The van der Waals surface area contributed by atoms with Crippen LogP contribution in [0.15, 0.2) is 0 Å². The molecule has 25 heavy (non-hydrogen) atoms. The summed E-state index contributed by atoms with van der Waals surface area (Å²) in [4.78, 5) is 39.4. The Morgan fingerprint density at radius 1 is 1.08 bits per heavy atom. The van der Waals surface area contributed by atoms with Crippen LogP contribution in [-0.4, -0.2) is 79.2 Å². The van der Waals surface area contributed by atoms with E-state index in [1.165, 1.54) is 0 Å². The predicted octanol–water partition coefficient (Wildman–Crippen LogP) is 0.997. The molecule has 1 heterocycles. The van der Waals surface area contributed by atoms with E-state index in [1.54, 1.807) is 23.8 Å². The van der Waals surface area contributed by atoms with Crippen molar-refractivity contribution in [1.82, 2.24) is 15.1 Å². The number of carbonyl (C=O) groups excluding carboxylic acids is 3. The SMILES string of the molecule is CCOC(=O)N1CCN(C(=O)[C@H](CCC(=O)OC(C)(C)C)NC)CC1. The maximum atomic E-state index is 12.6. The van der Waals surface area contributed by atoms with Crippen LogP contribution in [0.5, 0.6) is 0 Å². The number of nitrogens with zero attached hydrogens (tertiary/aromatic N) is 2. The van der Waals surface area contributed by atoms with Crippen molar-refractivity contribution in [2.45, 2.75) is 52.2 Å². The molecule has 0 aliphatic carbocycles. The standard InChI is InChI=1S/C17H31N3O5/c1-6-24-16(23)20-11-9-19(10-12-20)15(22)13(18-5)7-8-14(21)25-17(2,3)4/h13,18H,6-12H2,1-5H3/t13-/m0/s1. The van der Waals surface area contributed by atoms with Gasteiger partial charge in [0.15, 0.2) is 0 Å². The average Bonchev–Trinajstić information content (AvgIpc) is 2.54. The van der Waals surface area contributed by atoms with Gasteiger partial charge in [-0.25, -0.2) is 4.79 Å². The zero-order chi connectivity index (χ0) is 19.0. The van der Waals surface area contributed by atoms with Crippen LogP contribution in [0.4, 0.5) is 4.79 Å². The summed E-state index contributed by atoms with van der Waals surface area (Å²) in [5.74, 6) is -0.373. The van der Waals surface area contributed by atoms with E-state index in [9.17, 15) is 14.4 Å². The Labute approximate surface area is 149 Å². The first kappa shape index (κ1) is 21.2. The molecule has 144 valence electrons. The fourth-order valence-corrected chi connectivity index (χ4v) is 2.59. The van der Waals surface area contributed by atoms with E-state index in [0.717, 1.165) is 0 Å². The first-order chi connectivity index (χ1) is 11.7. The molecule has 0 bridgehead atoms. The summed E-state index contributed by atoms with van der Waals surface area (Å²) >= 11 is 0. The van der Waals surface area contributed by atoms with Crippen LogP contribution in [0.3, 0.4) is 0 Å². The predicted molar refractivity (Wildman–Crippen MR) is 93.1 cm³/mol. The summed E-state index contributed by atoms with van der Waals surface area (Å²) in [7, 11) is 1.70. The number of ether oxygens (including phenoxy) is 2. The molecule has 1 aliphatic heterocycles. The zero-order valence-corrected chi connectivity index (χ0v) is 16.0. The molecule has 0 spiro atoms. The summed E-state index contributed by atoms with van der Waals surface area (Å²) in [6.07, 6.45) is 0.212. The van der Waals surface area contributed by atoms with Crippen LogP contribution < -0.4 is 5.32 Å². The van der Waals surface area contributed by atoms with Crippen molar-refractivity contribution >= 4 is 18.0 Å². The second-order valence-electron chi connectivity index (χ2n) is 6.98. The third-order valence-electron chi connectivity index (χ3n) is 3.82. The van der Waals surface area contributed by atoms with Crippen LogP contribution in [0, 0.1) is 0 Å². The van der Waals surface area contributed by atoms with Crippen molar-refractivity contribution in [3.63, 3.8) is 0 Å². The van der Waals surface area contributed by atoms with E-state index in [0.29, 0.717) is 39.2 Å². The highest BCUT2D eigenvalue weighted by Crippen LogP contribution is 2.12. The van der Waals surface area contributed by atoms with Gasteiger partial charge < -0.3 is 24.6 Å². The number of rotatable bonds is 6. The Morgan fingerprint density at radius 3 is 2.12 bits per heavy atom. The monoisotopic (exact) mass is 357 g/mol. The van der Waals surface area contributed by atoms with Crippen molar-refractivity contribution < 1.29 is 23.9 Å². The molecule has 1 saturated heterocycles. The summed E-state index contributed by atoms with van der Waals surface area (Å²) in [5.41, 5.74) is -0.528. The fourth-order valence-electron chi connectivity index (χ4n) is 2.59. The number of hydrogen-bond donors (Lipinski definition) is 1. The number of nitrogens with one attached hydrogen (secondary N) is 1. The van der Waals surface area contributed by atoms with E-state index in [1.807, 2.05) is 20.8 Å². The molecule has 2 amide bonds.